The maximum atomic E-state index is 14.5. The van der Waals surface area contributed by atoms with E-state index in [4.69, 9.17) is 28.4 Å². The fraction of sp³-hybridized carbons (Fsp3) is 0.714. The molecule has 352 valence electrons. The number of hydrogen-bond acceptors (Lipinski definition) is 13. The van der Waals surface area contributed by atoms with Crippen LogP contribution in [0.1, 0.15) is 112 Å². The number of cyclic esters (lactones) is 1. The maximum Gasteiger partial charge on any atom is 0.329 e. The number of hydrogen-bond donors (Lipinski definition) is 3. The van der Waals surface area contributed by atoms with Crippen molar-refractivity contribution in [1.82, 2.24) is 4.90 Å². The second-order valence-electron chi connectivity index (χ2n) is 18.7. The quantitative estimate of drug-likeness (QED) is 0.159. The number of carbonyl (C=O) groups excluding carboxylic acids is 4. The predicted molar refractivity (Wildman–Crippen MR) is 235 cm³/mol. The van der Waals surface area contributed by atoms with Gasteiger partial charge in [0, 0.05) is 44.9 Å². The molecule has 0 radical (unpaired) electrons. The number of benzene rings is 1. The van der Waals surface area contributed by atoms with Crippen LogP contribution in [0.15, 0.2) is 47.6 Å². The number of ether oxygens (including phenoxy) is 6. The van der Waals surface area contributed by atoms with E-state index in [0.29, 0.717) is 68.4 Å². The van der Waals surface area contributed by atoms with E-state index in [1.165, 1.54) is 19.1 Å². The highest BCUT2D eigenvalue weighted by atomic mass is 16.7. The van der Waals surface area contributed by atoms with Gasteiger partial charge in [-0.3, -0.25) is 14.4 Å². The van der Waals surface area contributed by atoms with Crippen LogP contribution < -0.4 is 9.47 Å². The summed E-state index contributed by atoms with van der Waals surface area (Å²) in [5.74, 6) is -6.48. The molecular weight excluding hydrogens is 811 g/mol. The Kier molecular flexibility index (Phi) is 18.0. The molecule has 14 unspecified atom stereocenters. The first-order valence-corrected chi connectivity index (χ1v) is 23.0. The monoisotopic (exact) mass is 884 g/mol. The van der Waals surface area contributed by atoms with Crippen molar-refractivity contribution in [3.8, 4) is 11.5 Å². The molecule has 14 atom stereocenters. The van der Waals surface area contributed by atoms with E-state index in [9.17, 15) is 34.5 Å². The number of carbonyl (C=O) groups is 4. The molecule has 63 heavy (non-hydrogen) atoms. The average molecular weight is 884 g/mol. The number of methoxy groups -OCH3 is 3. The second kappa shape index (κ2) is 22.5. The van der Waals surface area contributed by atoms with E-state index < -0.39 is 90.0 Å². The van der Waals surface area contributed by atoms with E-state index in [0.717, 1.165) is 5.57 Å². The zero-order valence-corrected chi connectivity index (χ0v) is 38.8. The van der Waals surface area contributed by atoms with Crippen LogP contribution in [-0.4, -0.2) is 126 Å². The van der Waals surface area contributed by atoms with Crippen LogP contribution in [0.5, 0.6) is 11.5 Å². The molecule has 3 N–H and O–H groups in total. The van der Waals surface area contributed by atoms with Crippen LogP contribution in [-0.2, 0) is 38.1 Å². The van der Waals surface area contributed by atoms with Crippen molar-refractivity contribution in [3.05, 3.63) is 47.6 Å². The number of piperidine rings is 1. The van der Waals surface area contributed by atoms with Gasteiger partial charge >= 0.3 is 5.97 Å². The third-order valence-electron chi connectivity index (χ3n) is 13.9. The third-order valence-corrected chi connectivity index (χ3v) is 13.9. The molecule has 1 amide bonds. The van der Waals surface area contributed by atoms with Gasteiger partial charge in [0.05, 0.1) is 31.5 Å². The Bertz CT molecular complexity index is 1780. The lowest BCUT2D eigenvalue weighted by atomic mass is 9.81. The molecule has 3 fully saturated rings. The number of Topliss-reactive ketones (excluding diaryl/α,β-unsaturated/α-hetero) is 2. The highest BCUT2D eigenvalue weighted by molar-refractivity contribution is 6.39. The van der Waals surface area contributed by atoms with E-state index in [2.05, 4.69) is 0 Å². The smallest absolute Gasteiger partial charge is 0.329 e. The Morgan fingerprint density at radius 3 is 2.19 bits per heavy atom. The van der Waals surface area contributed by atoms with Crippen molar-refractivity contribution in [2.45, 2.75) is 167 Å². The first-order chi connectivity index (χ1) is 29.9. The number of rotatable bonds is 8. The second-order valence-corrected chi connectivity index (χ2v) is 18.7. The van der Waals surface area contributed by atoms with Gasteiger partial charge in [0.15, 0.2) is 0 Å². The maximum absolute atomic E-state index is 14.5. The van der Waals surface area contributed by atoms with Crippen molar-refractivity contribution in [2.75, 3.05) is 27.9 Å². The van der Waals surface area contributed by atoms with E-state index in [1.54, 1.807) is 45.2 Å². The molecule has 5 rings (SSSR count). The van der Waals surface area contributed by atoms with Crippen LogP contribution in [0.2, 0.25) is 0 Å². The zero-order chi connectivity index (χ0) is 46.2. The fourth-order valence-electron chi connectivity index (χ4n) is 10.1. The average Bonchev–Trinajstić information content (AvgIpc) is 3.27. The highest BCUT2D eigenvalue weighted by Gasteiger charge is 2.56. The lowest BCUT2D eigenvalue weighted by Gasteiger charge is -2.47. The van der Waals surface area contributed by atoms with Gasteiger partial charge in [-0.05, 0) is 120 Å². The van der Waals surface area contributed by atoms with Gasteiger partial charge in [-0.15, -0.1) is 0 Å². The Hall–Kier alpha value is -3.66. The summed E-state index contributed by atoms with van der Waals surface area (Å²) in [6.45, 7) is 11.2. The number of fused-ring (bicyclic) bond motifs is 3. The number of aliphatic hydroxyl groups excluding tert-OH is 2. The Morgan fingerprint density at radius 2 is 1.54 bits per heavy atom. The van der Waals surface area contributed by atoms with Gasteiger partial charge in [-0.25, -0.2) is 4.79 Å². The molecule has 3 heterocycles. The zero-order valence-electron chi connectivity index (χ0n) is 38.8. The summed E-state index contributed by atoms with van der Waals surface area (Å²) < 4.78 is 35.9. The van der Waals surface area contributed by atoms with Crippen molar-refractivity contribution in [1.29, 1.82) is 0 Å². The minimum Gasteiger partial charge on any atom is -0.497 e. The van der Waals surface area contributed by atoms with E-state index >= 15 is 0 Å². The molecule has 3 aliphatic heterocycles. The molecule has 0 aromatic heterocycles. The van der Waals surface area contributed by atoms with Crippen molar-refractivity contribution >= 4 is 23.4 Å². The number of esters is 1. The Labute approximate surface area is 373 Å². The van der Waals surface area contributed by atoms with Crippen molar-refractivity contribution < 1.29 is 62.9 Å². The molecule has 14 heteroatoms. The number of allylic oxidation sites excluding steroid dienone is 3. The molecule has 4 aliphatic rings. The topological polar surface area (TPSA) is 188 Å². The minimum atomic E-state index is -2.52. The lowest BCUT2D eigenvalue weighted by Crippen LogP contribution is -2.64. The Morgan fingerprint density at radius 1 is 0.873 bits per heavy atom. The summed E-state index contributed by atoms with van der Waals surface area (Å²) in [5, 5.41) is 34.8. The molecule has 14 nitrogen and oxygen atoms in total. The number of amides is 1. The van der Waals surface area contributed by atoms with Crippen molar-refractivity contribution in [2.24, 2.45) is 29.6 Å². The van der Waals surface area contributed by atoms with Crippen LogP contribution in [0, 0.1) is 29.6 Å². The number of nitrogens with zero attached hydrogens (tertiary/aromatic N) is 1. The largest absolute Gasteiger partial charge is 0.497 e. The van der Waals surface area contributed by atoms with Gasteiger partial charge in [-0.1, -0.05) is 45.4 Å². The molecule has 1 aliphatic carbocycles. The normalized spacial score (nSPS) is 37.3. The van der Waals surface area contributed by atoms with Crippen LogP contribution >= 0.6 is 0 Å². The van der Waals surface area contributed by atoms with E-state index in [-0.39, 0.29) is 43.4 Å². The van der Waals surface area contributed by atoms with Gasteiger partial charge in [0.2, 0.25) is 5.79 Å². The predicted octanol–water partition coefficient (Wildman–Crippen LogP) is 5.91. The van der Waals surface area contributed by atoms with Crippen LogP contribution in [0.3, 0.4) is 0 Å². The number of ketones is 2. The SMILES string of the molecule is CCC1C=C(C)CC(C)CC(OC)C2OC(O)(C(=O)C(=O)N3CCCCC3C(=O)OC(C(C)=CC3CCC(O)C(Oc4ccc(OC)cc4)C3)C(C)C(O)CC1=O)C(C)CC2OC. The molecule has 1 aromatic carbocycles. The molecule has 2 saturated heterocycles. The van der Waals surface area contributed by atoms with Gasteiger partial charge in [0.25, 0.3) is 11.7 Å². The summed E-state index contributed by atoms with van der Waals surface area (Å²) in [6.07, 6.45) is 2.99. The molecule has 2 bridgehead atoms. The van der Waals surface area contributed by atoms with Gasteiger partial charge in [0.1, 0.15) is 41.6 Å². The fourth-order valence-corrected chi connectivity index (χ4v) is 10.1. The van der Waals surface area contributed by atoms with E-state index in [1.807, 2.05) is 39.8 Å². The highest BCUT2D eigenvalue weighted by Crippen LogP contribution is 2.39. The summed E-state index contributed by atoms with van der Waals surface area (Å²) in [5.41, 5.74) is 1.62. The van der Waals surface area contributed by atoms with Crippen LogP contribution in [0.4, 0.5) is 0 Å². The van der Waals surface area contributed by atoms with Crippen molar-refractivity contribution in [3.63, 3.8) is 0 Å². The molecule has 0 spiro atoms. The standard InChI is InChI=1S/C49H73NO13/c1-10-34-22-28(2)21-29(3)23-42(59-8)45-43(60-9)25-31(5)49(57,63-45)46(54)47(55)50-20-12-11-13-37(50)48(56)62-44(32(6)39(52)27-40(34)53)30(4)24-33-14-19-38(51)41(26-33)61-36-17-15-35(58-7)16-18-36/h15-18,22,24,29,31-34,37-39,41-45,51-52,57H,10-14,19-21,23,25-27H2,1-9H3. The minimum absolute atomic E-state index is 0.0221. The summed E-state index contributed by atoms with van der Waals surface area (Å²) in [4.78, 5) is 58.2. The number of aliphatic hydroxyl groups is 3. The molecular formula is C49H73NO13. The lowest BCUT2D eigenvalue weighted by molar-refractivity contribution is -0.302. The van der Waals surface area contributed by atoms with Gasteiger partial charge < -0.3 is 48.6 Å². The summed E-state index contributed by atoms with van der Waals surface area (Å²) in [7, 11) is 4.64. The first-order valence-electron chi connectivity index (χ1n) is 23.0. The van der Waals surface area contributed by atoms with Gasteiger partial charge in [-0.2, -0.15) is 0 Å². The summed E-state index contributed by atoms with van der Waals surface area (Å²) in [6, 6.07) is 5.98. The molecule has 1 aromatic rings. The van der Waals surface area contributed by atoms with Crippen LogP contribution in [0.25, 0.3) is 0 Å². The Balaban J connectivity index is 1.50. The molecule has 1 saturated carbocycles. The summed E-state index contributed by atoms with van der Waals surface area (Å²) >= 11 is 0. The third kappa shape index (κ3) is 12.2. The first kappa shape index (κ1) is 50.3.